The molecule has 5 nitrogen and oxygen atoms in total. The Morgan fingerprint density at radius 1 is 1.25 bits per heavy atom. The van der Waals surface area contributed by atoms with Crippen molar-refractivity contribution in [2.24, 2.45) is 0 Å². The Morgan fingerprint density at radius 2 is 2.00 bits per heavy atom. The van der Waals surface area contributed by atoms with Crippen molar-refractivity contribution in [3.05, 3.63) is 28.7 Å². The summed E-state index contributed by atoms with van der Waals surface area (Å²) in [4.78, 5) is 14.1. The predicted octanol–water partition coefficient (Wildman–Crippen LogP) is 1.06. The number of nitrogens with two attached hydrogens (primary N) is 1. The summed E-state index contributed by atoms with van der Waals surface area (Å²) >= 11 is 0. The van der Waals surface area contributed by atoms with Crippen LogP contribution in [0, 0.1) is 0 Å². The SMILES string of the molecule is Nc1ccc(=O)n(CCN(CCO)C2CCCCC2)c1. The van der Waals surface area contributed by atoms with Crippen molar-refractivity contribution in [3.63, 3.8) is 0 Å². The first-order chi connectivity index (χ1) is 9.70. The molecule has 1 fully saturated rings. The van der Waals surface area contributed by atoms with E-state index in [4.69, 9.17) is 5.73 Å². The maximum absolute atomic E-state index is 11.8. The van der Waals surface area contributed by atoms with Crippen LogP contribution in [0.3, 0.4) is 0 Å². The molecule has 0 amide bonds. The first-order valence-electron chi connectivity index (χ1n) is 7.51. The maximum Gasteiger partial charge on any atom is 0.250 e. The van der Waals surface area contributed by atoms with Crippen LogP contribution in [-0.4, -0.2) is 40.3 Å². The molecule has 3 N–H and O–H groups in total. The minimum absolute atomic E-state index is 0.0215. The van der Waals surface area contributed by atoms with E-state index in [9.17, 15) is 9.90 Å². The highest BCUT2D eigenvalue weighted by Crippen LogP contribution is 2.22. The Balaban J connectivity index is 1.97. The second-order valence-corrected chi connectivity index (χ2v) is 5.55. The second-order valence-electron chi connectivity index (χ2n) is 5.55. The van der Waals surface area contributed by atoms with E-state index in [1.54, 1.807) is 16.8 Å². The van der Waals surface area contributed by atoms with E-state index in [-0.39, 0.29) is 12.2 Å². The van der Waals surface area contributed by atoms with Gasteiger partial charge in [0.2, 0.25) is 0 Å². The summed E-state index contributed by atoms with van der Waals surface area (Å²) in [6.07, 6.45) is 7.95. The van der Waals surface area contributed by atoms with Crippen LogP contribution in [0.4, 0.5) is 5.69 Å². The molecule has 5 heteroatoms. The van der Waals surface area contributed by atoms with Gasteiger partial charge in [-0.2, -0.15) is 0 Å². The van der Waals surface area contributed by atoms with E-state index in [2.05, 4.69) is 4.90 Å². The Morgan fingerprint density at radius 3 is 2.70 bits per heavy atom. The normalized spacial score (nSPS) is 16.7. The molecule has 0 spiro atoms. The molecule has 0 bridgehead atoms. The highest BCUT2D eigenvalue weighted by atomic mass is 16.3. The van der Waals surface area contributed by atoms with E-state index in [1.807, 2.05) is 0 Å². The van der Waals surface area contributed by atoms with Crippen molar-refractivity contribution >= 4 is 5.69 Å². The predicted molar refractivity (Wildman–Crippen MR) is 80.6 cm³/mol. The Bertz CT molecular complexity index is 466. The van der Waals surface area contributed by atoms with Gasteiger partial charge in [-0.3, -0.25) is 9.69 Å². The summed E-state index contributed by atoms with van der Waals surface area (Å²) in [6, 6.07) is 3.69. The molecule has 1 aromatic rings. The number of hydrogen-bond donors (Lipinski definition) is 2. The van der Waals surface area contributed by atoms with Crippen LogP contribution in [-0.2, 0) is 6.54 Å². The molecule has 0 atom stereocenters. The number of nitrogens with zero attached hydrogens (tertiary/aromatic N) is 2. The molecule has 1 saturated carbocycles. The number of aliphatic hydroxyl groups is 1. The number of aromatic nitrogens is 1. The average molecular weight is 279 g/mol. The van der Waals surface area contributed by atoms with Gasteiger partial charge in [-0.1, -0.05) is 19.3 Å². The van der Waals surface area contributed by atoms with Gasteiger partial charge >= 0.3 is 0 Å². The zero-order valence-corrected chi connectivity index (χ0v) is 12.0. The van der Waals surface area contributed by atoms with E-state index in [0.29, 0.717) is 24.8 Å². The zero-order valence-electron chi connectivity index (χ0n) is 12.0. The molecule has 1 aromatic heterocycles. The van der Waals surface area contributed by atoms with Crippen molar-refractivity contribution in [2.45, 2.75) is 44.7 Å². The van der Waals surface area contributed by atoms with Gasteiger partial charge < -0.3 is 15.4 Å². The van der Waals surface area contributed by atoms with E-state index >= 15 is 0 Å². The Labute approximate surface area is 120 Å². The molecule has 0 radical (unpaired) electrons. The largest absolute Gasteiger partial charge is 0.398 e. The van der Waals surface area contributed by atoms with Crippen LogP contribution in [0.1, 0.15) is 32.1 Å². The minimum atomic E-state index is -0.0215. The Hall–Kier alpha value is -1.33. The molecule has 1 aliphatic carbocycles. The zero-order chi connectivity index (χ0) is 14.4. The monoisotopic (exact) mass is 279 g/mol. The minimum Gasteiger partial charge on any atom is -0.398 e. The van der Waals surface area contributed by atoms with Crippen LogP contribution in [0.25, 0.3) is 0 Å². The van der Waals surface area contributed by atoms with E-state index in [0.717, 1.165) is 6.54 Å². The molecule has 0 aromatic carbocycles. The van der Waals surface area contributed by atoms with Crippen molar-refractivity contribution in [2.75, 3.05) is 25.4 Å². The van der Waals surface area contributed by atoms with Gasteiger partial charge in [0.05, 0.1) is 6.61 Å². The first-order valence-corrected chi connectivity index (χ1v) is 7.51. The van der Waals surface area contributed by atoms with Crippen molar-refractivity contribution in [3.8, 4) is 0 Å². The van der Waals surface area contributed by atoms with Gasteiger partial charge in [-0.15, -0.1) is 0 Å². The third kappa shape index (κ3) is 4.08. The molecule has 0 saturated heterocycles. The molecule has 1 aliphatic rings. The highest BCUT2D eigenvalue weighted by molar-refractivity contribution is 5.33. The lowest BCUT2D eigenvalue weighted by atomic mass is 9.94. The summed E-state index contributed by atoms with van der Waals surface area (Å²) in [6.45, 7) is 2.26. The number of aliphatic hydroxyl groups excluding tert-OH is 1. The van der Waals surface area contributed by atoms with Gasteiger partial charge in [0.25, 0.3) is 5.56 Å². The number of rotatable bonds is 6. The van der Waals surface area contributed by atoms with Gasteiger partial charge in [-0.25, -0.2) is 0 Å². The van der Waals surface area contributed by atoms with Crippen LogP contribution in [0.5, 0.6) is 0 Å². The van der Waals surface area contributed by atoms with Gasteiger partial charge in [-0.05, 0) is 18.9 Å². The molecular weight excluding hydrogens is 254 g/mol. The van der Waals surface area contributed by atoms with E-state index in [1.165, 1.54) is 38.2 Å². The molecule has 1 heterocycles. The van der Waals surface area contributed by atoms with Crippen molar-refractivity contribution in [1.29, 1.82) is 0 Å². The van der Waals surface area contributed by atoms with Gasteiger partial charge in [0.15, 0.2) is 0 Å². The van der Waals surface area contributed by atoms with Crippen LogP contribution in [0.15, 0.2) is 23.1 Å². The standard InChI is InChI=1S/C15H25N3O2/c16-13-6-7-15(20)18(12-13)9-8-17(10-11-19)14-4-2-1-3-5-14/h6-7,12,14,19H,1-5,8-11,16H2. The number of nitrogen functional groups attached to an aromatic ring is 1. The number of hydrogen-bond acceptors (Lipinski definition) is 4. The van der Waals surface area contributed by atoms with Crippen molar-refractivity contribution < 1.29 is 5.11 Å². The highest BCUT2D eigenvalue weighted by Gasteiger charge is 2.20. The topological polar surface area (TPSA) is 71.5 Å². The molecular formula is C15H25N3O2. The number of anilines is 1. The molecule has 20 heavy (non-hydrogen) atoms. The average Bonchev–Trinajstić information content (AvgIpc) is 2.47. The van der Waals surface area contributed by atoms with Gasteiger partial charge in [0.1, 0.15) is 0 Å². The third-order valence-corrected chi connectivity index (χ3v) is 4.11. The van der Waals surface area contributed by atoms with Crippen molar-refractivity contribution in [1.82, 2.24) is 9.47 Å². The fraction of sp³-hybridized carbons (Fsp3) is 0.667. The van der Waals surface area contributed by atoms with E-state index < -0.39 is 0 Å². The summed E-state index contributed by atoms with van der Waals surface area (Å²) in [5.74, 6) is 0. The second kappa shape index (κ2) is 7.45. The smallest absolute Gasteiger partial charge is 0.250 e. The van der Waals surface area contributed by atoms with Crippen LogP contribution in [0.2, 0.25) is 0 Å². The molecule has 0 aliphatic heterocycles. The van der Waals surface area contributed by atoms with Crippen LogP contribution >= 0.6 is 0 Å². The lowest BCUT2D eigenvalue weighted by molar-refractivity contribution is 0.119. The quantitative estimate of drug-likeness (QED) is 0.817. The first kappa shape index (κ1) is 15.1. The fourth-order valence-corrected chi connectivity index (χ4v) is 3.01. The van der Waals surface area contributed by atoms with Crippen LogP contribution < -0.4 is 11.3 Å². The third-order valence-electron chi connectivity index (χ3n) is 4.11. The number of pyridine rings is 1. The maximum atomic E-state index is 11.8. The summed E-state index contributed by atoms with van der Waals surface area (Å²) in [5, 5.41) is 9.23. The Kier molecular flexibility index (Phi) is 5.61. The molecule has 2 rings (SSSR count). The summed E-state index contributed by atoms with van der Waals surface area (Å²) < 4.78 is 1.66. The summed E-state index contributed by atoms with van der Waals surface area (Å²) in [7, 11) is 0. The fourth-order valence-electron chi connectivity index (χ4n) is 3.01. The lowest BCUT2D eigenvalue weighted by Crippen LogP contribution is -2.41. The lowest BCUT2D eigenvalue weighted by Gasteiger charge is -2.34. The van der Waals surface area contributed by atoms with Gasteiger partial charge in [0, 0.05) is 43.6 Å². The molecule has 0 unspecified atom stereocenters. The summed E-state index contributed by atoms with van der Waals surface area (Å²) in [5.41, 5.74) is 6.31. The molecule has 112 valence electrons.